The van der Waals surface area contributed by atoms with Gasteiger partial charge in [-0.1, -0.05) is 18.2 Å². The molecule has 4 heteroatoms. The molecule has 0 bridgehead atoms. The van der Waals surface area contributed by atoms with E-state index in [0.717, 1.165) is 16.6 Å². The molecule has 17 heavy (non-hydrogen) atoms. The fourth-order valence-corrected chi connectivity index (χ4v) is 1.65. The van der Waals surface area contributed by atoms with Gasteiger partial charge in [0.25, 0.3) is 0 Å². The van der Waals surface area contributed by atoms with Crippen LogP contribution in [0.25, 0.3) is 10.9 Å². The Labute approximate surface area is 101 Å². The van der Waals surface area contributed by atoms with Crippen LogP contribution in [0.1, 0.15) is 13.8 Å². The molecule has 0 amide bonds. The zero-order chi connectivity index (χ0) is 12.3. The minimum atomic E-state index is 0.172. The maximum atomic E-state index is 5.81. The van der Waals surface area contributed by atoms with Gasteiger partial charge in [0.1, 0.15) is 0 Å². The predicted octanol–water partition coefficient (Wildman–Crippen LogP) is 2.37. The molecule has 0 aliphatic carbocycles. The molecule has 2 aromatic rings. The molecule has 0 atom stereocenters. The minimum Gasteiger partial charge on any atom is -0.370 e. The zero-order valence-corrected chi connectivity index (χ0v) is 10.0. The number of aliphatic imine (C=N–C) groups is 1. The van der Waals surface area contributed by atoms with Crippen LogP contribution in [0, 0.1) is 0 Å². The maximum Gasteiger partial charge on any atom is 0.193 e. The lowest BCUT2D eigenvalue weighted by Gasteiger charge is -2.09. The van der Waals surface area contributed by atoms with Gasteiger partial charge in [-0.2, -0.15) is 0 Å². The van der Waals surface area contributed by atoms with Crippen molar-refractivity contribution >= 4 is 22.5 Å². The molecule has 3 N–H and O–H groups in total. The summed E-state index contributed by atoms with van der Waals surface area (Å²) in [6.07, 6.45) is 1.77. The van der Waals surface area contributed by atoms with E-state index in [4.69, 9.17) is 5.73 Å². The molecule has 88 valence electrons. The third kappa shape index (κ3) is 2.72. The first kappa shape index (κ1) is 11.4. The third-order valence-corrected chi connectivity index (χ3v) is 2.29. The average Bonchev–Trinajstić information content (AvgIpc) is 2.28. The van der Waals surface area contributed by atoms with Gasteiger partial charge in [-0.3, -0.25) is 9.98 Å². The molecule has 0 unspecified atom stereocenters. The Morgan fingerprint density at radius 3 is 2.82 bits per heavy atom. The Morgan fingerprint density at radius 2 is 2.06 bits per heavy atom. The number of rotatable bonds is 2. The number of nitrogens with zero attached hydrogens (tertiary/aromatic N) is 2. The van der Waals surface area contributed by atoms with Gasteiger partial charge in [0.15, 0.2) is 5.96 Å². The summed E-state index contributed by atoms with van der Waals surface area (Å²) in [5.74, 6) is 0.415. The second kappa shape index (κ2) is 4.82. The smallest absolute Gasteiger partial charge is 0.193 e. The Balaban J connectivity index is 2.36. The molecular weight excluding hydrogens is 212 g/mol. The van der Waals surface area contributed by atoms with Crippen molar-refractivity contribution in [2.75, 3.05) is 5.32 Å². The first-order valence-corrected chi connectivity index (χ1v) is 5.61. The van der Waals surface area contributed by atoms with Gasteiger partial charge in [0, 0.05) is 17.6 Å². The molecule has 0 aliphatic heterocycles. The van der Waals surface area contributed by atoms with Crippen LogP contribution in [0.5, 0.6) is 0 Å². The molecule has 1 aromatic carbocycles. The molecule has 0 saturated heterocycles. The fraction of sp³-hybridized carbons (Fsp3) is 0.231. The van der Waals surface area contributed by atoms with E-state index in [2.05, 4.69) is 15.3 Å². The highest BCUT2D eigenvalue weighted by Gasteiger charge is 2.02. The second-order valence-corrected chi connectivity index (χ2v) is 4.11. The predicted molar refractivity (Wildman–Crippen MR) is 72.1 cm³/mol. The molecule has 1 aromatic heterocycles. The Hall–Kier alpha value is -2.10. The fourth-order valence-electron chi connectivity index (χ4n) is 1.65. The average molecular weight is 228 g/mol. The molecule has 0 aliphatic rings. The standard InChI is InChI=1S/C13H16N4/c1-9(2)16-13(14)17-11-7-3-5-10-6-4-8-15-12(10)11/h3-9H,1-2H3,(H3,14,16,17). The maximum absolute atomic E-state index is 5.81. The largest absolute Gasteiger partial charge is 0.370 e. The summed E-state index contributed by atoms with van der Waals surface area (Å²) in [5, 5.41) is 4.16. The molecule has 4 nitrogen and oxygen atoms in total. The highest BCUT2D eigenvalue weighted by Crippen LogP contribution is 2.20. The summed E-state index contributed by atoms with van der Waals surface area (Å²) in [4.78, 5) is 8.58. The van der Waals surface area contributed by atoms with Crippen molar-refractivity contribution in [2.45, 2.75) is 19.9 Å². The molecule has 0 spiro atoms. The van der Waals surface area contributed by atoms with E-state index in [0.29, 0.717) is 5.96 Å². The zero-order valence-electron chi connectivity index (χ0n) is 10.0. The van der Waals surface area contributed by atoms with Crippen molar-refractivity contribution in [3.05, 3.63) is 36.5 Å². The third-order valence-electron chi connectivity index (χ3n) is 2.29. The summed E-state index contributed by atoms with van der Waals surface area (Å²) < 4.78 is 0. The Kier molecular flexibility index (Phi) is 3.23. The number of fused-ring (bicyclic) bond motifs is 1. The molecular formula is C13H16N4. The summed E-state index contributed by atoms with van der Waals surface area (Å²) in [6.45, 7) is 3.96. The first-order valence-electron chi connectivity index (χ1n) is 5.61. The van der Waals surface area contributed by atoms with E-state index in [9.17, 15) is 0 Å². The van der Waals surface area contributed by atoms with Gasteiger partial charge < -0.3 is 11.1 Å². The van der Waals surface area contributed by atoms with Crippen molar-refractivity contribution in [1.82, 2.24) is 4.98 Å². The molecule has 2 rings (SSSR count). The Bertz CT molecular complexity index is 541. The highest BCUT2D eigenvalue weighted by atomic mass is 15.1. The minimum absolute atomic E-state index is 0.172. The van der Waals surface area contributed by atoms with E-state index < -0.39 is 0 Å². The number of para-hydroxylation sites is 1. The number of anilines is 1. The van der Waals surface area contributed by atoms with Crippen LogP contribution < -0.4 is 11.1 Å². The van der Waals surface area contributed by atoms with E-state index in [-0.39, 0.29) is 6.04 Å². The van der Waals surface area contributed by atoms with Gasteiger partial charge in [0.2, 0.25) is 0 Å². The van der Waals surface area contributed by atoms with Gasteiger partial charge >= 0.3 is 0 Å². The number of benzene rings is 1. The van der Waals surface area contributed by atoms with Gasteiger partial charge in [0.05, 0.1) is 11.2 Å². The Morgan fingerprint density at radius 1 is 1.29 bits per heavy atom. The lowest BCUT2D eigenvalue weighted by atomic mass is 10.2. The van der Waals surface area contributed by atoms with E-state index >= 15 is 0 Å². The topological polar surface area (TPSA) is 63.3 Å². The van der Waals surface area contributed by atoms with Crippen LogP contribution in [-0.4, -0.2) is 17.0 Å². The molecule has 0 saturated carbocycles. The van der Waals surface area contributed by atoms with Crippen LogP contribution >= 0.6 is 0 Å². The number of nitrogens with one attached hydrogen (secondary N) is 1. The van der Waals surface area contributed by atoms with Crippen LogP contribution in [-0.2, 0) is 0 Å². The van der Waals surface area contributed by atoms with Crippen molar-refractivity contribution in [2.24, 2.45) is 10.7 Å². The normalized spacial score (nSPS) is 12.1. The monoisotopic (exact) mass is 228 g/mol. The first-order chi connectivity index (χ1) is 8.16. The molecule has 1 heterocycles. The van der Waals surface area contributed by atoms with Crippen molar-refractivity contribution in [1.29, 1.82) is 0 Å². The van der Waals surface area contributed by atoms with Crippen molar-refractivity contribution < 1.29 is 0 Å². The lowest BCUT2D eigenvalue weighted by molar-refractivity contribution is 0.833. The van der Waals surface area contributed by atoms with Crippen LogP contribution in [0.2, 0.25) is 0 Å². The van der Waals surface area contributed by atoms with E-state index in [1.54, 1.807) is 6.20 Å². The number of guanidine groups is 1. The van der Waals surface area contributed by atoms with E-state index in [1.165, 1.54) is 0 Å². The summed E-state index contributed by atoms with van der Waals surface area (Å²) >= 11 is 0. The quantitative estimate of drug-likeness (QED) is 0.612. The summed E-state index contributed by atoms with van der Waals surface area (Å²) in [6, 6.07) is 10.0. The number of hydrogen-bond acceptors (Lipinski definition) is 2. The molecule has 0 radical (unpaired) electrons. The lowest BCUT2D eigenvalue weighted by Crippen LogP contribution is -2.24. The summed E-state index contributed by atoms with van der Waals surface area (Å²) in [7, 11) is 0. The molecule has 0 fully saturated rings. The SMILES string of the molecule is CC(C)N=C(N)Nc1cccc2cccnc12. The number of pyridine rings is 1. The highest BCUT2D eigenvalue weighted by molar-refractivity contribution is 6.00. The number of nitrogens with two attached hydrogens (primary N) is 1. The number of aromatic nitrogens is 1. The second-order valence-electron chi connectivity index (χ2n) is 4.11. The van der Waals surface area contributed by atoms with Crippen LogP contribution in [0.15, 0.2) is 41.5 Å². The number of hydrogen-bond donors (Lipinski definition) is 2. The van der Waals surface area contributed by atoms with Gasteiger partial charge in [-0.15, -0.1) is 0 Å². The van der Waals surface area contributed by atoms with Gasteiger partial charge in [-0.25, -0.2) is 0 Å². The van der Waals surface area contributed by atoms with Crippen LogP contribution in [0.3, 0.4) is 0 Å². The van der Waals surface area contributed by atoms with E-state index in [1.807, 2.05) is 44.2 Å². The van der Waals surface area contributed by atoms with Crippen molar-refractivity contribution in [3.63, 3.8) is 0 Å². The van der Waals surface area contributed by atoms with Crippen molar-refractivity contribution in [3.8, 4) is 0 Å². The van der Waals surface area contributed by atoms with Gasteiger partial charge in [-0.05, 0) is 26.0 Å². The van der Waals surface area contributed by atoms with Crippen LogP contribution in [0.4, 0.5) is 5.69 Å². The summed E-state index contributed by atoms with van der Waals surface area (Å²) in [5.41, 5.74) is 7.59.